The van der Waals surface area contributed by atoms with Crippen molar-refractivity contribution < 1.29 is 19.8 Å². The molecule has 0 amide bonds. The van der Waals surface area contributed by atoms with Gasteiger partial charge in [-0.15, -0.1) is 0 Å². The maximum absolute atomic E-state index is 10.7. The Morgan fingerprint density at radius 2 is 1.32 bits per heavy atom. The second-order valence-corrected chi connectivity index (χ2v) is 5.49. The number of aryl methyl sites for hydroxylation is 3. The molecule has 7 nitrogen and oxygen atoms in total. The van der Waals surface area contributed by atoms with Gasteiger partial charge in [-0.2, -0.15) is 0 Å². The molecule has 0 atom stereocenters. The molecule has 0 aliphatic heterocycles. The van der Waals surface area contributed by atoms with Crippen LogP contribution in [-0.4, -0.2) is 22.2 Å². The van der Waals surface area contributed by atoms with Gasteiger partial charge in [0.1, 0.15) is 0 Å². The molecule has 0 saturated carbocycles. The van der Waals surface area contributed by atoms with Crippen LogP contribution in [0.1, 0.15) is 37.4 Å². The fraction of sp³-hybridized carbons (Fsp3) is 0.167. The molecule has 7 heteroatoms. The maximum Gasteiger partial charge on any atom is 0.337 e. The van der Waals surface area contributed by atoms with Crippen molar-refractivity contribution in [2.45, 2.75) is 20.8 Å². The summed E-state index contributed by atoms with van der Waals surface area (Å²) in [6.45, 7) is 12.1. The van der Waals surface area contributed by atoms with E-state index in [0.717, 1.165) is 11.1 Å². The fourth-order valence-corrected chi connectivity index (χ4v) is 2.18. The van der Waals surface area contributed by atoms with Gasteiger partial charge in [-0.25, -0.2) is 14.4 Å². The van der Waals surface area contributed by atoms with Gasteiger partial charge >= 0.3 is 11.9 Å². The van der Waals surface area contributed by atoms with Crippen LogP contribution >= 0.6 is 0 Å². The molecular weight excluding hydrogens is 322 g/mol. The third-order valence-corrected chi connectivity index (χ3v) is 3.49. The zero-order valence-electron chi connectivity index (χ0n) is 14.1. The van der Waals surface area contributed by atoms with Crippen molar-refractivity contribution in [1.82, 2.24) is 0 Å². The van der Waals surface area contributed by atoms with Gasteiger partial charge in [-0.05, 0) is 49.6 Å². The number of aromatic carboxylic acids is 2. The molecule has 0 aromatic heterocycles. The lowest BCUT2D eigenvalue weighted by Crippen LogP contribution is -2.04. The Hall–Kier alpha value is -3.53. The standard InChI is InChI=1S/C9H8N2O2.C9H11NO2/c1-5-3-6(11-2)4-7(8(5)10)9(12)13;1-5-3-6(2)8(10)7(4-5)9(11)12/h3-4H,10H2,1H3,(H,12,13);3-4H,10H2,1-2H3,(H,11,12). The number of rotatable bonds is 2. The Bertz CT molecular complexity index is 883. The molecule has 0 unspecified atom stereocenters. The summed E-state index contributed by atoms with van der Waals surface area (Å²) < 4.78 is 0. The summed E-state index contributed by atoms with van der Waals surface area (Å²) in [6, 6.07) is 6.28. The van der Waals surface area contributed by atoms with Gasteiger partial charge in [0.25, 0.3) is 0 Å². The van der Waals surface area contributed by atoms with Crippen LogP contribution in [0.2, 0.25) is 0 Å². The van der Waals surface area contributed by atoms with E-state index in [9.17, 15) is 9.59 Å². The van der Waals surface area contributed by atoms with Crippen LogP contribution in [0.3, 0.4) is 0 Å². The fourth-order valence-electron chi connectivity index (χ4n) is 2.18. The van der Waals surface area contributed by atoms with Crippen LogP contribution in [-0.2, 0) is 0 Å². The van der Waals surface area contributed by atoms with Crippen LogP contribution in [0.5, 0.6) is 0 Å². The van der Waals surface area contributed by atoms with Crippen LogP contribution in [0, 0.1) is 27.3 Å². The van der Waals surface area contributed by atoms with Gasteiger partial charge in [0.15, 0.2) is 5.69 Å². The second kappa shape index (κ2) is 7.84. The minimum Gasteiger partial charge on any atom is -0.478 e. The minimum absolute atomic E-state index is 0.00833. The van der Waals surface area contributed by atoms with E-state index in [4.69, 9.17) is 28.3 Å². The maximum atomic E-state index is 10.7. The average Bonchev–Trinajstić information content (AvgIpc) is 2.53. The summed E-state index contributed by atoms with van der Waals surface area (Å²) in [7, 11) is 0. The van der Waals surface area contributed by atoms with E-state index < -0.39 is 11.9 Å². The van der Waals surface area contributed by atoms with Gasteiger partial charge < -0.3 is 21.7 Å². The molecule has 2 aromatic carbocycles. The number of carboxylic acids is 2. The number of nitrogens with two attached hydrogens (primary N) is 2. The Morgan fingerprint density at radius 1 is 0.880 bits per heavy atom. The molecule has 0 bridgehead atoms. The predicted octanol–water partition coefficient (Wildman–Crippen LogP) is 3.41. The first kappa shape index (κ1) is 19.5. The number of hydrogen-bond donors (Lipinski definition) is 4. The zero-order chi connectivity index (χ0) is 19.3. The highest BCUT2D eigenvalue weighted by atomic mass is 16.4. The minimum atomic E-state index is -1.11. The molecule has 0 saturated heterocycles. The highest BCUT2D eigenvalue weighted by molar-refractivity contribution is 5.96. The Kier molecular flexibility index (Phi) is 6.12. The Labute approximate surface area is 145 Å². The molecule has 130 valence electrons. The molecule has 0 fully saturated rings. The third kappa shape index (κ3) is 4.72. The van der Waals surface area contributed by atoms with E-state index in [1.807, 2.05) is 13.0 Å². The molecule has 0 spiro atoms. The molecule has 2 rings (SSSR count). The average molecular weight is 341 g/mol. The van der Waals surface area contributed by atoms with Crippen molar-refractivity contribution >= 4 is 29.0 Å². The topological polar surface area (TPSA) is 131 Å². The summed E-state index contributed by atoms with van der Waals surface area (Å²) in [6.07, 6.45) is 0. The van der Waals surface area contributed by atoms with E-state index in [-0.39, 0.29) is 16.8 Å². The monoisotopic (exact) mass is 341 g/mol. The third-order valence-electron chi connectivity index (χ3n) is 3.49. The quantitative estimate of drug-likeness (QED) is 0.489. The smallest absolute Gasteiger partial charge is 0.337 e. The number of benzene rings is 2. The van der Waals surface area contributed by atoms with E-state index in [0.29, 0.717) is 16.9 Å². The number of carbonyl (C=O) groups is 2. The van der Waals surface area contributed by atoms with Gasteiger partial charge in [0, 0.05) is 11.4 Å². The lowest BCUT2D eigenvalue weighted by atomic mass is 10.0. The second-order valence-electron chi connectivity index (χ2n) is 5.49. The van der Waals surface area contributed by atoms with Crippen LogP contribution in [0.25, 0.3) is 4.85 Å². The van der Waals surface area contributed by atoms with E-state index >= 15 is 0 Å². The first-order chi connectivity index (χ1) is 11.6. The lowest BCUT2D eigenvalue weighted by molar-refractivity contribution is 0.0687. The molecule has 2 aromatic rings. The summed E-state index contributed by atoms with van der Waals surface area (Å²) in [5, 5.41) is 17.5. The summed E-state index contributed by atoms with van der Waals surface area (Å²) in [5.41, 5.74) is 14.5. The van der Waals surface area contributed by atoms with Gasteiger partial charge in [0.2, 0.25) is 0 Å². The van der Waals surface area contributed by atoms with E-state index in [1.54, 1.807) is 26.0 Å². The van der Waals surface area contributed by atoms with E-state index in [2.05, 4.69) is 4.85 Å². The first-order valence-electron chi connectivity index (χ1n) is 7.19. The summed E-state index contributed by atoms with van der Waals surface area (Å²) in [4.78, 5) is 24.5. The van der Waals surface area contributed by atoms with Gasteiger partial charge in [-0.3, -0.25) is 0 Å². The number of carboxylic acid groups (broad SMARTS) is 2. The number of nitrogens with zero attached hydrogens (tertiary/aromatic N) is 1. The number of anilines is 2. The highest BCUT2D eigenvalue weighted by Crippen LogP contribution is 2.24. The van der Waals surface area contributed by atoms with Crippen LogP contribution in [0.4, 0.5) is 17.1 Å². The van der Waals surface area contributed by atoms with Crippen LogP contribution < -0.4 is 11.5 Å². The van der Waals surface area contributed by atoms with Gasteiger partial charge in [0.05, 0.1) is 17.7 Å². The SMILES string of the molecule is Cc1cc(C)c(N)c(C(=O)O)c1.[C-]#[N+]c1cc(C)c(N)c(C(=O)O)c1. The van der Waals surface area contributed by atoms with Crippen molar-refractivity contribution in [2.75, 3.05) is 11.5 Å². The molecule has 6 N–H and O–H groups in total. The Morgan fingerprint density at radius 3 is 1.76 bits per heavy atom. The molecule has 0 radical (unpaired) electrons. The van der Waals surface area contributed by atoms with E-state index in [1.165, 1.54) is 6.07 Å². The summed E-state index contributed by atoms with van der Waals surface area (Å²) >= 11 is 0. The van der Waals surface area contributed by atoms with Crippen molar-refractivity contribution in [2.24, 2.45) is 0 Å². The zero-order valence-corrected chi connectivity index (χ0v) is 14.1. The summed E-state index contributed by atoms with van der Waals surface area (Å²) in [5.74, 6) is -2.08. The molecule has 0 aliphatic rings. The van der Waals surface area contributed by atoms with Crippen molar-refractivity contribution in [3.63, 3.8) is 0 Å². The molecular formula is C18H19N3O4. The largest absolute Gasteiger partial charge is 0.478 e. The molecule has 0 aliphatic carbocycles. The van der Waals surface area contributed by atoms with Crippen LogP contribution in [0.15, 0.2) is 24.3 Å². The number of nitrogen functional groups attached to an aromatic ring is 2. The molecule has 0 heterocycles. The first-order valence-corrected chi connectivity index (χ1v) is 7.19. The lowest BCUT2D eigenvalue weighted by Gasteiger charge is -2.05. The Balaban J connectivity index is 0.000000251. The number of hydrogen-bond acceptors (Lipinski definition) is 4. The van der Waals surface area contributed by atoms with Crippen molar-refractivity contribution in [3.05, 3.63) is 63.5 Å². The van der Waals surface area contributed by atoms with Crippen molar-refractivity contribution in [3.8, 4) is 0 Å². The predicted molar refractivity (Wildman–Crippen MR) is 96.1 cm³/mol. The van der Waals surface area contributed by atoms with Crippen molar-refractivity contribution in [1.29, 1.82) is 0 Å². The molecule has 25 heavy (non-hydrogen) atoms. The highest BCUT2D eigenvalue weighted by Gasteiger charge is 2.11. The van der Waals surface area contributed by atoms with Gasteiger partial charge in [-0.1, -0.05) is 12.1 Å². The normalized spacial score (nSPS) is 9.52.